The van der Waals surface area contributed by atoms with Gasteiger partial charge in [0.2, 0.25) is 0 Å². The molecule has 0 radical (unpaired) electrons. The van der Waals surface area contributed by atoms with Crippen molar-refractivity contribution in [1.82, 2.24) is 0 Å². The maximum Gasteiger partial charge on any atom is 0.303 e. The van der Waals surface area contributed by atoms with Crippen molar-refractivity contribution >= 4 is 33.3 Å². The number of carbonyl (C=O) groups is 1. The lowest BCUT2D eigenvalue weighted by Crippen LogP contribution is -2.16. The van der Waals surface area contributed by atoms with E-state index in [0.29, 0.717) is 27.4 Å². The van der Waals surface area contributed by atoms with Crippen LogP contribution in [0.4, 0.5) is 5.69 Å². The number of benzene rings is 2. The van der Waals surface area contributed by atoms with Crippen molar-refractivity contribution in [3.05, 3.63) is 57.6 Å². The van der Waals surface area contributed by atoms with Crippen LogP contribution in [0.15, 0.2) is 35.2 Å². The third-order valence-corrected chi connectivity index (χ3v) is 5.78. The zero-order valence-electron chi connectivity index (χ0n) is 14.3. The third kappa shape index (κ3) is 4.74. The molecule has 7 heteroatoms. The smallest absolute Gasteiger partial charge is 0.303 e. The van der Waals surface area contributed by atoms with E-state index in [-0.39, 0.29) is 17.7 Å². The van der Waals surface area contributed by atoms with E-state index in [2.05, 4.69) is 4.72 Å². The molecule has 0 atom stereocenters. The van der Waals surface area contributed by atoms with Gasteiger partial charge in [-0.05, 0) is 67.6 Å². The molecule has 0 saturated heterocycles. The Balaban J connectivity index is 2.42. The van der Waals surface area contributed by atoms with Gasteiger partial charge in [-0.25, -0.2) is 8.42 Å². The Bertz CT molecular complexity index is 923. The van der Waals surface area contributed by atoms with Gasteiger partial charge >= 0.3 is 5.97 Å². The largest absolute Gasteiger partial charge is 0.481 e. The summed E-state index contributed by atoms with van der Waals surface area (Å²) in [5, 5.41) is 9.38. The first kappa shape index (κ1) is 19.3. The van der Waals surface area contributed by atoms with E-state index in [9.17, 15) is 13.2 Å². The summed E-state index contributed by atoms with van der Waals surface area (Å²) >= 11 is 6.04. The Labute approximate surface area is 152 Å². The van der Waals surface area contributed by atoms with Crippen molar-refractivity contribution in [2.75, 3.05) is 4.72 Å². The highest BCUT2D eigenvalue weighted by Crippen LogP contribution is 2.27. The van der Waals surface area contributed by atoms with E-state index >= 15 is 0 Å². The molecule has 0 aliphatic carbocycles. The number of rotatable bonds is 6. The Hall–Kier alpha value is -2.05. The minimum absolute atomic E-state index is 0.0726. The molecule has 5 nitrogen and oxygen atoms in total. The quantitative estimate of drug-likeness (QED) is 0.789. The number of carboxylic acid groups (broad SMARTS) is 1. The van der Waals surface area contributed by atoms with Gasteiger partial charge in [0.15, 0.2) is 0 Å². The molecule has 2 rings (SSSR count). The zero-order chi connectivity index (χ0) is 18.8. The molecule has 25 heavy (non-hydrogen) atoms. The number of carboxylic acids is 1. The summed E-state index contributed by atoms with van der Waals surface area (Å²) in [7, 11) is -3.82. The van der Waals surface area contributed by atoms with Gasteiger partial charge in [-0.15, -0.1) is 0 Å². The zero-order valence-corrected chi connectivity index (χ0v) is 15.8. The summed E-state index contributed by atoms with van der Waals surface area (Å²) < 4.78 is 28.2. The number of aliphatic carboxylic acids is 1. The van der Waals surface area contributed by atoms with Crippen LogP contribution in [0.2, 0.25) is 5.02 Å². The average molecular weight is 382 g/mol. The lowest BCUT2D eigenvalue weighted by atomic mass is 10.1. The number of hydrogen-bond acceptors (Lipinski definition) is 3. The molecule has 0 saturated carbocycles. The maximum absolute atomic E-state index is 12.8. The normalized spacial score (nSPS) is 11.4. The molecule has 2 aromatic rings. The molecule has 0 aliphatic rings. The molecule has 2 aromatic carbocycles. The van der Waals surface area contributed by atoms with E-state index in [1.165, 1.54) is 6.07 Å². The van der Waals surface area contributed by atoms with Crippen molar-refractivity contribution in [2.45, 2.75) is 38.5 Å². The van der Waals surface area contributed by atoms with Crippen molar-refractivity contribution in [2.24, 2.45) is 0 Å². The molecule has 134 valence electrons. The van der Waals surface area contributed by atoms with Crippen molar-refractivity contribution < 1.29 is 18.3 Å². The number of halogens is 1. The summed E-state index contributed by atoms with van der Waals surface area (Å²) in [6, 6.07) is 8.43. The van der Waals surface area contributed by atoms with Gasteiger partial charge in [-0.3, -0.25) is 9.52 Å². The predicted molar refractivity (Wildman–Crippen MR) is 98.9 cm³/mol. The van der Waals surface area contributed by atoms with Crippen LogP contribution in [0.3, 0.4) is 0 Å². The van der Waals surface area contributed by atoms with Gasteiger partial charge in [-0.1, -0.05) is 23.7 Å². The summed E-state index contributed by atoms with van der Waals surface area (Å²) in [4.78, 5) is 11.0. The highest BCUT2D eigenvalue weighted by Gasteiger charge is 2.20. The predicted octanol–water partition coefficient (Wildman–Crippen LogP) is 4.08. The maximum atomic E-state index is 12.8. The van der Waals surface area contributed by atoms with Gasteiger partial charge in [0, 0.05) is 11.4 Å². The lowest BCUT2D eigenvalue weighted by Gasteiger charge is -2.15. The highest BCUT2D eigenvalue weighted by atomic mass is 35.5. The molecular weight excluding hydrogens is 362 g/mol. The van der Waals surface area contributed by atoms with Crippen LogP contribution < -0.4 is 4.72 Å². The van der Waals surface area contributed by atoms with E-state index in [4.69, 9.17) is 16.7 Å². The second-order valence-corrected chi connectivity index (χ2v) is 8.08. The summed E-state index contributed by atoms with van der Waals surface area (Å²) in [5.74, 6) is -0.932. The van der Waals surface area contributed by atoms with Crippen LogP contribution in [-0.4, -0.2) is 19.5 Å². The Kier molecular flexibility index (Phi) is 5.75. The minimum atomic E-state index is -3.82. The molecule has 0 unspecified atom stereocenters. The molecule has 0 spiro atoms. The topological polar surface area (TPSA) is 83.5 Å². The lowest BCUT2D eigenvalue weighted by molar-refractivity contribution is -0.136. The van der Waals surface area contributed by atoms with Gasteiger partial charge in [-0.2, -0.15) is 0 Å². The number of nitrogens with one attached hydrogen (secondary N) is 1. The van der Waals surface area contributed by atoms with Gasteiger partial charge in [0.1, 0.15) is 0 Å². The van der Waals surface area contributed by atoms with E-state index in [1.54, 1.807) is 32.0 Å². The Morgan fingerprint density at radius 2 is 1.80 bits per heavy atom. The van der Waals surface area contributed by atoms with Crippen molar-refractivity contribution in [3.8, 4) is 0 Å². The van der Waals surface area contributed by atoms with Crippen LogP contribution in [0.5, 0.6) is 0 Å². The molecule has 0 heterocycles. The second kappa shape index (κ2) is 7.45. The van der Waals surface area contributed by atoms with Crippen molar-refractivity contribution in [1.29, 1.82) is 0 Å². The van der Waals surface area contributed by atoms with Crippen LogP contribution in [0.25, 0.3) is 0 Å². The first-order chi connectivity index (χ1) is 11.6. The van der Waals surface area contributed by atoms with Gasteiger partial charge < -0.3 is 5.11 Å². The Morgan fingerprint density at radius 3 is 2.44 bits per heavy atom. The molecule has 0 bridgehead atoms. The second-order valence-electron chi connectivity index (χ2n) is 6.03. The Morgan fingerprint density at radius 1 is 1.12 bits per heavy atom. The summed E-state index contributed by atoms with van der Waals surface area (Å²) in [6.45, 7) is 5.27. The van der Waals surface area contributed by atoms with E-state index in [1.807, 2.05) is 13.0 Å². The number of hydrogen-bond donors (Lipinski definition) is 2. The first-order valence-corrected chi connectivity index (χ1v) is 9.57. The fraction of sp³-hybridized carbons (Fsp3) is 0.278. The van der Waals surface area contributed by atoms with E-state index in [0.717, 1.165) is 5.56 Å². The van der Waals surface area contributed by atoms with E-state index < -0.39 is 16.0 Å². The molecule has 0 amide bonds. The molecule has 0 fully saturated rings. The van der Waals surface area contributed by atoms with Gasteiger partial charge in [0.05, 0.1) is 10.6 Å². The van der Waals surface area contributed by atoms with Gasteiger partial charge in [0.25, 0.3) is 10.0 Å². The number of anilines is 1. The third-order valence-electron chi connectivity index (χ3n) is 3.86. The molecule has 2 N–H and O–H groups in total. The van der Waals surface area contributed by atoms with Crippen LogP contribution in [-0.2, 0) is 21.2 Å². The van der Waals surface area contributed by atoms with Crippen LogP contribution >= 0.6 is 11.6 Å². The monoisotopic (exact) mass is 381 g/mol. The fourth-order valence-corrected chi connectivity index (χ4v) is 4.11. The number of sulfonamides is 1. The van der Waals surface area contributed by atoms with Crippen LogP contribution in [0.1, 0.15) is 28.7 Å². The summed E-state index contributed by atoms with van der Waals surface area (Å²) in [5.41, 5.74) is 3.12. The average Bonchev–Trinajstić information content (AvgIpc) is 2.49. The first-order valence-electron chi connectivity index (χ1n) is 7.71. The summed E-state index contributed by atoms with van der Waals surface area (Å²) in [6.07, 6.45) is 0.170. The SMILES string of the molecule is Cc1ccc(CCC(=O)O)c(NS(=O)(=O)c2cc(C)c(Cl)cc2C)c1. The standard InChI is InChI=1S/C18H20ClNO4S/c1-11-4-5-14(6-7-18(21)22)16(8-11)20-25(23,24)17-10-12(2)15(19)9-13(17)3/h4-5,8-10,20H,6-7H2,1-3H3,(H,21,22). The number of aryl methyl sites for hydroxylation is 4. The van der Waals surface area contributed by atoms with Crippen molar-refractivity contribution in [3.63, 3.8) is 0 Å². The highest BCUT2D eigenvalue weighted by molar-refractivity contribution is 7.92. The molecule has 0 aliphatic heterocycles. The minimum Gasteiger partial charge on any atom is -0.481 e. The fourth-order valence-electron chi connectivity index (χ4n) is 2.49. The molecule has 0 aromatic heterocycles. The van der Waals surface area contributed by atoms with Crippen LogP contribution in [0, 0.1) is 20.8 Å². The molecular formula is C18H20ClNO4S.